The molecule has 0 atom stereocenters. The molecule has 1 aromatic rings. The largest absolute Gasteiger partial charge is 0.356 e. The second-order valence-electron chi connectivity index (χ2n) is 5.60. The lowest BCUT2D eigenvalue weighted by atomic mass is 10.1. The number of rotatable bonds is 6. The molecule has 2 rings (SSSR count). The van der Waals surface area contributed by atoms with Gasteiger partial charge < -0.3 is 10.6 Å². The van der Waals surface area contributed by atoms with Gasteiger partial charge in [0.25, 0.3) is 0 Å². The van der Waals surface area contributed by atoms with E-state index in [0.29, 0.717) is 44.9 Å². The van der Waals surface area contributed by atoms with Crippen molar-refractivity contribution in [2.24, 2.45) is 4.99 Å². The predicted molar refractivity (Wildman–Crippen MR) is 111 cm³/mol. The Balaban J connectivity index is 0.00000312. The van der Waals surface area contributed by atoms with Crippen LogP contribution in [-0.2, 0) is 16.0 Å². The zero-order valence-electron chi connectivity index (χ0n) is 14.3. The summed E-state index contributed by atoms with van der Waals surface area (Å²) in [6.07, 6.45) is 2.40. The van der Waals surface area contributed by atoms with Crippen molar-refractivity contribution in [1.29, 1.82) is 0 Å². The van der Waals surface area contributed by atoms with Crippen molar-refractivity contribution in [3.63, 3.8) is 0 Å². The maximum atomic E-state index is 11.7. The van der Waals surface area contributed by atoms with Crippen LogP contribution in [0.2, 0.25) is 5.02 Å². The minimum Gasteiger partial charge on any atom is -0.356 e. The number of carbonyl (C=O) groups excluding carboxylic acids is 2. The number of hydrogen-bond acceptors (Lipinski definition) is 3. The fraction of sp³-hybridized carbons (Fsp3) is 0.471. The van der Waals surface area contributed by atoms with Gasteiger partial charge in [0, 0.05) is 44.5 Å². The molecular weight excluding hydrogens is 455 g/mol. The standard InChI is InChI=1S/C17H23ClN4O2.HI/c1-19-17(20-9-8-13-4-2-5-14(18)12-13)21-10-11-22-15(23)6-3-7-16(22)24;/h2,4-5,12H,3,6-11H2,1H3,(H2,19,20,21);1H. The maximum absolute atomic E-state index is 11.7. The summed E-state index contributed by atoms with van der Waals surface area (Å²) in [5.74, 6) is 0.475. The fourth-order valence-electron chi connectivity index (χ4n) is 2.57. The zero-order valence-corrected chi connectivity index (χ0v) is 17.3. The molecule has 1 aliphatic heterocycles. The first-order chi connectivity index (χ1) is 11.6. The predicted octanol–water partition coefficient (Wildman–Crippen LogP) is 2.20. The Labute approximate surface area is 170 Å². The number of guanidine groups is 1. The summed E-state index contributed by atoms with van der Waals surface area (Å²) in [6, 6.07) is 7.74. The highest BCUT2D eigenvalue weighted by atomic mass is 127. The third-order valence-corrected chi connectivity index (χ3v) is 4.07. The third-order valence-electron chi connectivity index (χ3n) is 3.83. The Hall–Kier alpha value is -1.35. The van der Waals surface area contributed by atoms with Crippen molar-refractivity contribution in [2.75, 3.05) is 26.7 Å². The van der Waals surface area contributed by atoms with Crippen LogP contribution in [0, 0.1) is 0 Å². The molecule has 0 spiro atoms. The van der Waals surface area contributed by atoms with Crippen molar-refractivity contribution >= 4 is 53.4 Å². The average molecular weight is 479 g/mol. The number of likely N-dealkylation sites (tertiary alicyclic amines) is 1. The average Bonchev–Trinajstić information content (AvgIpc) is 2.56. The number of nitrogens with one attached hydrogen (secondary N) is 2. The van der Waals surface area contributed by atoms with Gasteiger partial charge in [-0.05, 0) is 30.5 Å². The number of carbonyl (C=O) groups is 2. The van der Waals surface area contributed by atoms with Crippen LogP contribution in [-0.4, -0.2) is 49.4 Å². The number of piperidine rings is 1. The maximum Gasteiger partial charge on any atom is 0.229 e. The summed E-state index contributed by atoms with van der Waals surface area (Å²) in [6.45, 7) is 1.56. The molecule has 25 heavy (non-hydrogen) atoms. The Morgan fingerprint density at radius 1 is 1.20 bits per heavy atom. The number of halogens is 2. The van der Waals surface area contributed by atoms with Crippen molar-refractivity contribution < 1.29 is 9.59 Å². The minimum absolute atomic E-state index is 0. The molecule has 0 saturated carbocycles. The summed E-state index contributed by atoms with van der Waals surface area (Å²) < 4.78 is 0. The molecule has 0 aromatic heterocycles. The van der Waals surface area contributed by atoms with Crippen LogP contribution >= 0.6 is 35.6 Å². The van der Waals surface area contributed by atoms with Crippen LogP contribution in [0.15, 0.2) is 29.3 Å². The Bertz CT molecular complexity index is 608. The summed E-state index contributed by atoms with van der Waals surface area (Å²) in [4.78, 5) is 28.9. The van der Waals surface area contributed by atoms with Crippen molar-refractivity contribution in [2.45, 2.75) is 25.7 Å². The topological polar surface area (TPSA) is 73.8 Å². The molecular formula is C17H24ClIN4O2. The normalized spacial score (nSPS) is 15.0. The van der Waals surface area contributed by atoms with Gasteiger partial charge in [-0.2, -0.15) is 0 Å². The van der Waals surface area contributed by atoms with Gasteiger partial charge in [-0.1, -0.05) is 23.7 Å². The lowest BCUT2D eigenvalue weighted by Crippen LogP contribution is -2.46. The van der Waals surface area contributed by atoms with E-state index in [0.717, 1.165) is 17.0 Å². The SMILES string of the molecule is CN=C(NCCc1cccc(Cl)c1)NCCN1C(=O)CCCC1=O.I. The molecule has 8 heteroatoms. The lowest BCUT2D eigenvalue weighted by Gasteiger charge is -2.25. The van der Waals surface area contributed by atoms with E-state index in [1.165, 1.54) is 4.90 Å². The first-order valence-corrected chi connectivity index (χ1v) is 8.50. The second kappa shape index (κ2) is 11.3. The van der Waals surface area contributed by atoms with E-state index in [2.05, 4.69) is 15.6 Å². The van der Waals surface area contributed by atoms with E-state index in [1.54, 1.807) is 7.05 Å². The lowest BCUT2D eigenvalue weighted by molar-refractivity contribution is -0.147. The van der Waals surface area contributed by atoms with Crippen molar-refractivity contribution in [3.8, 4) is 0 Å². The summed E-state index contributed by atoms with van der Waals surface area (Å²) >= 11 is 5.96. The summed E-state index contributed by atoms with van der Waals surface area (Å²) in [5, 5.41) is 7.05. The molecule has 2 amide bonds. The fourth-order valence-corrected chi connectivity index (χ4v) is 2.79. The van der Waals surface area contributed by atoms with E-state index >= 15 is 0 Å². The monoisotopic (exact) mass is 478 g/mol. The summed E-state index contributed by atoms with van der Waals surface area (Å²) in [7, 11) is 1.69. The van der Waals surface area contributed by atoms with Gasteiger partial charge in [-0.25, -0.2) is 0 Å². The van der Waals surface area contributed by atoms with Gasteiger partial charge >= 0.3 is 0 Å². The molecule has 1 fully saturated rings. The molecule has 138 valence electrons. The Morgan fingerprint density at radius 3 is 2.52 bits per heavy atom. The number of hydrogen-bond donors (Lipinski definition) is 2. The van der Waals surface area contributed by atoms with E-state index in [-0.39, 0.29) is 35.8 Å². The Morgan fingerprint density at radius 2 is 1.88 bits per heavy atom. The molecule has 1 saturated heterocycles. The number of benzene rings is 1. The summed E-state index contributed by atoms with van der Waals surface area (Å²) in [5.41, 5.74) is 1.15. The van der Waals surface area contributed by atoms with Gasteiger partial charge in [0.2, 0.25) is 11.8 Å². The molecule has 1 aliphatic rings. The van der Waals surface area contributed by atoms with Crippen LogP contribution in [0.25, 0.3) is 0 Å². The van der Waals surface area contributed by atoms with E-state index < -0.39 is 0 Å². The molecule has 6 nitrogen and oxygen atoms in total. The van der Waals surface area contributed by atoms with Crippen molar-refractivity contribution in [3.05, 3.63) is 34.9 Å². The van der Waals surface area contributed by atoms with Crippen molar-refractivity contribution in [1.82, 2.24) is 15.5 Å². The van der Waals surface area contributed by atoms with Gasteiger partial charge in [0.15, 0.2) is 5.96 Å². The highest BCUT2D eigenvalue weighted by Gasteiger charge is 2.25. The van der Waals surface area contributed by atoms with Crippen LogP contribution in [0.3, 0.4) is 0 Å². The number of imide groups is 1. The quantitative estimate of drug-likeness (QED) is 0.285. The highest BCUT2D eigenvalue weighted by molar-refractivity contribution is 14.0. The highest BCUT2D eigenvalue weighted by Crippen LogP contribution is 2.11. The zero-order chi connectivity index (χ0) is 17.4. The smallest absolute Gasteiger partial charge is 0.229 e. The third kappa shape index (κ3) is 7.19. The molecule has 1 aromatic carbocycles. The molecule has 1 heterocycles. The minimum atomic E-state index is -0.0862. The van der Waals surface area contributed by atoms with Gasteiger partial charge in [-0.3, -0.25) is 19.5 Å². The van der Waals surface area contributed by atoms with Gasteiger partial charge in [0.05, 0.1) is 0 Å². The van der Waals surface area contributed by atoms with Crippen LogP contribution in [0.4, 0.5) is 0 Å². The Kier molecular flexibility index (Phi) is 9.81. The van der Waals surface area contributed by atoms with Crippen LogP contribution in [0.5, 0.6) is 0 Å². The van der Waals surface area contributed by atoms with E-state index in [9.17, 15) is 9.59 Å². The molecule has 0 unspecified atom stereocenters. The van der Waals surface area contributed by atoms with Crippen LogP contribution in [0.1, 0.15) is 24.8 Å². The number of nitrogens with zero attached hydrogens (tertiary/aromatic N) is 2. The molecule has 0 bridgehead atoms. The number of aliphatic imine (C=N–C) groups is 1. The van der Waals surface area contributed by atoms with Crippen LogP contribution < -0.4 is 10.6 Å². The first-order valence-electron chi connectivity index (χ1n) is 8.12. The second-order valence-corrected chi connectivity index (χ2v) is 6.03. The number of amides is 2. The van der Waals surface area contributed by atoms with E-state index in [4.69, 9.17) is 11.6 Å². The van der Waals surface area contributed by atoms with Gasteiger partial charge in [0.1, 0.15) is 0 Å². The first kappa shape index (κ1) is 21.7. The van der Waals surface area contributed by atoms with Gasteiger partial charge in [-0.15, -0.1) is 24.0 Å². The molecule has 2 N–H and O–H groups in total. The molecule has 0 aliphatic carbocycles. The van der Waals surface area contributed by atoms with E-state index in [1.807, 2.05) is 24.3 Å². The molecule has 0 radical (unpaired) electrons.